The largest absolute Gasteiger partial charge is 0.336 e. The summed E-state index contributed by atoms with van der Waals surface area (Å²) in [5.74, 6) is -0.0832. The van der Waals surface area contributed by atoms with E-state index in [1.54, 1.807) is 11.0 Å². The summed E-state index contributed by atoms with van der Waals surface area (Å²) in [6, 6.07) is 15.5. The Labute approximate surface area is 166 Å². The Morgan fingerprint density at radius 1 is 1.07 bits per heavy atom. The highest BCUT2D eigenvalue weighted by molar-refractivity contribution is 6.31. The van der Waals surface area contributed by atoms with Crippen LogP contribution in [-0.2, 0) is 16.1 Å². The minimum atomic E-state index is -0.109. The molecular weight excluding hydrogens is 360 g/mol. The number of anilines is 1. The van der Waals surface area contributed by atoms with Crippen molar-refractivity contribution in [2.24, 2.45) is 0 Å². The summed E-state index contributed by atoms with van der Waals surface area (Å²) in [5, 5.41) is 0.609. The van der Waals surface area contributed by atoms with Crippen molar-refractivity contribution < 1.29 is 9.59 Å². The molecule has 0 spiro atoms. The van der Waals surface area contributed by atoms with E-state index < -0.39 is 0 Å². The number of nitrogens with zero attached hydrogens (tertiary/aromatic N) is 2. The van der Waals surface area contributed by atoms with Crippen molar-refractivity contribution in [1.82, 2.24) is 4.90 Å². The van der Waals surface area contributed by atoms with E-state index in [2.05, 4.69) is 0 Å². The van der Waals surface area contributed by atoms with Gasteiger partial charge in [-0.1, -0.05) is 48.0 Å². The van der Waals surface area contributed by atoms with Gasteiger partial charge in [0.05, 0.1) is 0 Å². The Hall–Kier alpha value is -2.33. The highest BCUT2D eigenvalue weighted by Crippen LogP contribution is 2.24. The second-order valence-corrected chi connectivity index (χ2v) is 7.36. The summed E-state index contributed by atoms with van der Waals surface area (Å²) < 4.78 is 0. The fourth-order valence-corrected chi connectivity index (χ4v) is 3.08. The van der Waals surface area contributed by atoms with Gasteiger partial charge in [-0.15, -0.1) is 0 Å². The fourth-order valence-electron chi connectivity index (χ4n) is 2.91. The van der Waals surface area contributed by atoms with Gasteiger partial charge in [-0.25, -0.2) is 0 Å². The molecule has 0 heterocycles. The zero-order valence-electron chi connectivity index (χ0n) is 16.4. The number of rotatable bonds is 7. The first-order valence-electron chi connectivity index (χ1n) is 9.17. The Kier molecular flexibility index (Phi) is 7.43. The molecule has 27 heavy (non-hydrogen) atoms. The molecule has 0 atom stereocenters. The van der Waals surface area contributed by atoms with Gasteiger partial charge in [0.2, 0.25) is 11.8 Å². The zero-order chi connectivity index (χ0) is 20.0. The van der Waals surface area contributed by atoms with Crippen molar-refractivity contribution in [3.05, 3.63) is 64.7 Å². The van der Waals surface area contributed by atoms with Crippen molar-refractivity contribution in [1.29, 1.82) is 0 Å². The predicted molar refractivity (Wildman–Crippen MR) is 111 cm³/mol. The van der Waals surface area contributed by atoms with Crippen LogP contribution in [0.3, 0.4) is 0 Å². The van der Waals surface area contributed by atoms with E-state index in [9.17, 15) is 9.59 Å². The monoisotopic (exact) mass is 386 g/mol. The maximum atomic E-state index is 12.8. The van der Waals surface area contributed by atoms with Gasteiger partial charge in [-0.3, -0.25) is 9.59 Å². The molecule has 2 rings (SSSR count). The number of aryl methyl sites for hydroxylation is 1. The average molecular weight is 387 g/mol. The maximum absolute atomic E-state index is 12.8. The number of halogens is 1. The molecule has 0 radical (unpaired) electrons. The first kappa shape index (κ1) is 21.0. The third-order valence-corrected chi connectivity index (χ3v) is 4.94. The molecule has 0 aliphatic heterocycles. The van der Waals surface area contributed by atoms with Gasteiger partial charge in [-0.05, 0) is 44.0 Å². The number of benzene rings is 2. The lowest BCUT2D eigenvalue weighted by Gasteiger charge is -2.29. The third kappa shape index (κ3) is 5.83. The zero-order valence-corrected chi connectivity index (χ0v) is 17.2. The van der Waals surface area contributed by atoms with Crippen molar-refractivity contribution in [3.8, 4) is 0 Å². The SMILES string of the molecule is CC(=O)N(CCC(=O)N(Cc1ccccc1)C(C)C)c1ccc(C)c(Cl)c1. The van der Waals surface area contributed by atoms with Crippen molar-refractivity contribution >= 4 is 29.1 Å². The first-order valence-corrected chi connectivity index (χ1v) is 9.55. The molecule has 0 saturated heterocycles. The van der Waals surface area contributed by atoms with Gasteiger partial charge in [0.15, 0.2) is 0 Å². The Morgan fingerprint density at radius 2 is 1.74 bits per heavy atom. The van der Waals surface area contributed by atoms with Gasteiger partial charge in [0.25, 0.3) is 0 Å². The summed E-state index contributed by atoms with van der Waals surface area (Å²) in [5.41, 5.74) is 2.76. The molecule has 0 bridgehead atoms. The summed E-state index contributed by atoms with van der Waals surface area (Å²) >= 11 is 6.19. The molecule has 0 aliphatic rings. The minimum absolute atomic E-state index is 0.0262. The second kappa shape index (κ2) is 9.56. The van der Waals surface area contributed by atoms with Gasteiger partial charge in [0.1, 0.15) is 0 Å². The Bertz CT molecular complexity index is 790. The minimum Gasteiger partial charge on any atom is -0.336 e. The molecule has 5 heteroatoms. The van der Waals surface area contributed by atoms with E-state index in [1.807, 2.05) is 68.1 Å². The lowest BCUT2D eigenvalue weighted by molar-refractivity contribution is -0.133. The molecule has 0 saturated carbocycles. The normalized spacial score (nSPS) is 10.7. The maximum Gasteiger partial charge on any atom is 0.224 e. The van der Waals surface area contributed by atoms with E-state index in [0.29, 0.717) is 23.8 Å². The topological polar surface area (TPSA) is 40.6 Å². The van der Waals surface area contributed by atoms with Gasteiger partial charge < -0.3 is 9.80 Å². The average Bonchev–Trinajstić information content (AvgIpc) is 2.63. The van der Waals surface area contributed by atoms with Crippen LogP contribution in [0.25, 0.3) is 0 Å². The van der Waals surface area contributed by atoms with E-state index in [4.69, 9.17) is 11.6 Å². The third-order valence-electron chi connectivity index (χ3n) is 4.54. The van der Waals surface area contributed by atoms with Crippen LogP contribution in [0, 0.1) is 6.92 Å². The van der Waals surface area contributed by atoms with Crippen LogP contribution in [0.1, 0.15) is 38.3 Å². The molecule has 4 nitrogen and oxygen atoms in total. The number of amides is 2. The lowest BCUT2D eigenvalue weighted by Crippen LogP contribution is -2.39. The van der Waals surface area contributed by atoms with E-state index in [0.717, 1.165) is 11.1 Å². The van der Waals surface area contributed by atoms with Crippen LogP contribution in [0.15, 0.2) is 48.5 Å². The number of carbonyl (C=O) groups excluding carboxylic acids is 2. The number of hydrogen-bond donors (Lipinski definition) is 0. The Balaban J connectivity index is 2.09. The lowest BCUT2D eigenvalue weighted by atomic mass is 10.1. The number of carbonyl (C=O) groups is 2. The standard InChI is InChI=1S/C22H27ClN2O2/c1-16(2)25(15-19-8-6-5-7-9-19)22(27)12-13-24(18(4)26)20-11-10-17(3)21(23)14-20/h5-11,14,16H,12-13,15H2,1-4H3. The predicted octanol–water partition coefficient (Wildman–Crippen LogP) is 4.83. The van der Waals surface area contributed by atoms with Crippen molar-refractivity contribution in [2.75, 3.05) is 11.4 Å². The molecule has 0 N–H and O–H groups in total. The highest BCUT2D eigenvalue weighted by atomic mass is 35.5. The summed E-state index contributed by atoms with van der Waals surface area (Å²) in [4.78, 5) is 28.4. The molecule has 0 fully saturated rings. The molecular formula is C22H27ClN2O2. The first-order chi connectivity index (χ1) is 12.8. The van der Waals surface area contributed by atoms with Crippen LogP contribution in [0.4, 0.5) is 5.69 Å². The molecule has 2 amide bonds. The quantitative estimate of drug-likeness (QED) is 0.683. The molecule has 0 unspecified atom stereocenters. The van der Waals surface area contributed by atoms with E-state index in [1.165, 1.54) is 6.92 Å². The van der Waals surface area contributed by atoms with Crippen molar-refractivity contribution in [2.45, 2.75) is 46.7 Å². The van der Waals surface area contributed by atoms with Gasteiger partial charge >= 0.3 is 0 Å². The second-order valence-electron chi connectivity index (χ2n) is 6.96. The summed E-state index contributed by atoms with van der Waals surface area (Å²) in [6.07, 6.45) is 0.260. The molecule has 0 aromatic heterocycles. The van der Waals surface area contributed by atoms with Crippen LogP contribution >= 0.6 is 11.6 Å². The van der Waals surface area contributed by atoms with E-state index >= 15 is 0 Å². The smallest absolute Gasteiger partial charge is 0.224 e. The number of hydrogen-bond acceptors (Lipinski definition) is 2. The molecule has 144 valence electrons. The highest BCUT2D eigenvalue weighted by Gasteiger charge is 2.20. The van der Waals surface area contributed by atoms with Crippen LogP contribution in [0.5, 0.6) is 0 Å². The van der Waals surface area contributed by atoms with Crippen molar-refractivity contribution in [3.63, 3.8) is 0 Å². The van der Waals surface area contributed by atoms with Gasteiger partial charge in [0, 0.05) is 43.2 Å². The summed E-state index contributed by atoms with van der Waals surface area (Å²) in [7, 11) is 0. The van der Waals surface area contributed by atoms with Crippen LogP contribution in [0.2, 0.25) is 5.02 Å². The fraction of sp³-hybridized carbons (Fsp3) is 0.364. The molecule has 2 aromatic carbocycles. The molecule has 0 aliphatic carbocycles. The van der Waals surface area contributed by atoms with E-state index in [-0.39, 0.29) is 24.3 Å². The van der Waals surface area contributed by atoms with Crippen LogP contribution < -0.4 is 4.90 Å². The Morgan fingerprint density at radius 3 is 2.30 bits per heavy atom. The molecule has 2 aromatic rings. The van der Waals surface area contributed by atoms with Gasteiger partial charge in [-0.2, -0.15) is 0 Å². The van der Waals surface area contributed by atoms with Crippen LogP contribution in [-0.4, -0.2) is 29.3 Å². The summed E-state index contributed by atoms with van der Waals surface area (Å²) in [6.45, 7) is 8.31.